The van der Waals surface area contributed by atoms with Gasteiger partial charge in [-0.05, 0) is 122 Å². The molecule has 8 rings (SSSR count). The SMILES string of the molecule is Cc1ncoc1-c1ccc(CN(C(=O)C(NC(=O)COCCCCOc2ccc(-c3ccc(N4C(=S)N(c5ccc(C#N)c(C(F)(F)F)c5)C(=O)C45CCC5)cc3)cc2)C(C)(C)C)C(=O)[C@@H]2C[C@@H](O)CN2)cc1. The number of aromatic nitrogens is 1. The number of aryl methyl sites for hydroxylation is 1. The number of nitrogens with zero attached hydrogens (tertiary/aromatic N) is 5. The number of nitriles is 1. The lowest BCUT2D eigenvalue weighted by atomic mass is 9.75. The summed E-state index contributed by atoms with van der Waals surface area (Å²) < 4.78 is 58.7. The van der Waals surface area contributed by atoms with Crippen molar-refractivity contribution in [1.29, 1.82) is 5.26 Å². The van der Waals surface area contributed by atoms with Crippen LogP contribution in [0.2, 0.25) is 0 Å². The van der Waals surface area contributed by atoms with Gasteiger partial charge in [0.1, 0.15) is 23.9 Å². The number of oxazole rings is 1. The van der Waals surface area contributed by atoms with Crippen molar-refractivity contribution in [3.8, 4) is 34.3 Å². The third kappa shape index (κ3) is 11.3. The fraction of sp³-hybridized carbons (Fsp3) is 0.389. The molecule has 3 N–H and O–H groups in total. The Hall–Kier alpha value is -6.98. The number of imide groups is 1. The van der Waals surface area contributed by atoms with Crippen molar-refractivity contribution in [2.45, 2.75) is 103 Å². The normalized spacial score (nSPS) is 17.8. The first-order valence-electron chi connectivity index (χ1n) is 24.1. The molecule has 0 radical (unpaired) electrons. The molecule has 382 valence electrons. The Kier molecular flexibility index (Phi) is 15.5. The third-order valence-corrected chi connectivity index (χ3v) is 13.8. The van der Waals surface area contributed by atoms with Crippen molar-refractivity contribution in [3.63, 3.8) is 0 Å². The van der Waals surface area contributed by atoms with E-state index in [9.17, 15) is 42.7 Å². The maximum Gasteiger partial charge on any atom is 0.417 e. The minimum absolute atomic E-state index is 0.0430. The number of benzene rings is 4. The number of halogens is 3. The summed E-state index contributed by atoms with van der Waals surface area (Å²) in [5.41, 5.74) is 1.08. The van der Waals surface area contributed by atoms with Gasteiger partial charge in [0.05, 0.1) is 53.9 Å². The monoisotopic (exact) mass is 1020 g/mol. The first-order chi connectivity index (χ1) is 34.8. The molecule has 1 aromatic heterocycles. The van der Waals surface area contributed by atoms with Crippen LogP contribution in [0.5, 0.6) is 5.75 Å². The number of amides is 4. The number of aliphatic hydroxyl groups excluding tert-OH is 1. The van der Waals surface area contributed by atoms with Gasteiger partial charge >= 0.3 is 6.18 Å². The van der Waals surface area contributed by atoms with Gasteiger partial charge in [-0.25, -0.2) is 4.98 Å². The minimum Gasteiger partial charge on any atom is -0.494 e. The zero-order valence-electron chi connectivity index (χ0n) is 40.8. The Labute approximate surface area is 426 Å². The van der Waals surface area contributed by atoms with Crippen molar-refractivity contribution < 1.29 is 51.3 Å². The minimum atomic E-state index is -4.80. The predicted octanol–water partition coefficient (Wildman–Crippen LogP) is 8.25. The van der Waals surface area contributed by atoms with Gasteiger partial charge in [-0.3, -0.25) is 29.0 Å². The van der Waals surface area contributed by atoms with Gasteiger partial charge in [0.25, 0.3) is 11.8 Å². The molecule has 19 heteroatoms. The molecule has 1 spiro atoms. The smallest absolute Gasteiger partial charge is 0.417 e. The second kappa shape index (κ2) is 21.6. The highest BCUT2D eigenvalue weighted by Crippen LogP contribution is 2.48. The molecule has 5 aromatic rings. The van der Waals surface area contributed by atoms with Gasteiger partial charge in [0.15, 0.2) is 17.3 Å². The van der Waals surface area contributed by atoms with Crippen molar-refractivity contribution in [2.24, 2.45) is 5.41 Å². The Bertz CT molecular complexity index is 2890. The molecule has 4 amide bonds. The number of aliphatic hydroxyl groups is 1. The maximum absolute atomic E-state index is 14.3. The summed E-state index contributed by atoms with van der Waals surface area (Å²) in [5, 5.41) is 25.3. The van der Waals surface area contributed by atoms with E-state index in [0.717, 1.165) is 50.7 Å². The number of rotatable bonds is 17. The molecule has 2 saturated heterocycles. The number of β-amino-alcohol motifs (C(OH)–C–C–N with tert-alkyl or cyclic N) is 1. The molecule has 15 nitrogen and oxygen atoms in total. The van der Waals surface area contributed by atoms with Crippen LogP contribution >= 0.6 is 12.2 Å². The lowest BCUT2D eigenvalue weighted by Crippen LogP contribution is -2.58. The van der Waals surface area contributed by atoms with Crippen molar-refractivity contribution >= 4 is 52.3 Å². The van der Waals surface area contributed by atoms with Crippen LogP contribution in [0.25, 0.3) is 22.5 Å². The number of nitrogens with one attached hydrogen (secondary N) is 2. The number of ether oxygens (including phenoxy) is 2. The average molecular weight is 1020 g/mol. The predicted molar refractivity (Wildman–Crippen MR) is 269 cm³/mol. The van der Waals surface area contributed by atoms with Crippen LogP contribution in [0.3, 0.4) is 0 Å². The van der Waals surface area contributed by atoms with E-state index in [1.807, 2.05) is 67.6 Å². The zero-order chi connectivity index (χ0) is 52.2. The first-order valence-corrected chi connectivity index (χ1v) is 24.5. The van der Waals surface area contributed by atoms with Gasteiger partial charge in [-0.15, -0.1) is 0 Å². The summed E-state index contributed by atoms with van der Waals surface area (Å²) in [7, 11) is 0. The summed E-state index contributed by atoms with van der Waals surface area (Å²) in [6, 6.07) is 25.1. The third-order valence-electron chi connectivity index (χ3n) is 13.4. The van der Waals surface area contributed by atoms with E-state index < -0.39 is 70.1 Å². The van der Waals surface area contributed by atoms with Crippen LogP contribution in [0.15, 0.2) is 102 Å². The van der Waals surface area contributed by atoms with Crippen LogP contribution in [0.4, 0.5) is 24.5 Å². The van der Waals surface area contributed by atoms with Gasteiger partial charge in [0, 0.05) is 24.4 Å². The fourth-order valence-corrected chi connectivity index (χ4v) is 9.78. The molecular formula is C54H56F3N7O8S. The van der Waals surface area contributed by atoms with E-state index in [1.54, 1.807) is 43.9 Å². The molecule has 0 bridgehead atoms. The number of thiocarbonyl (C=S) groups is 1. The highest BCUT2D eigenvalue weighted by atomic mass is 32.1. The van der Waals surface area contributed by atoms with Crippen molar-refractivity contribution in [1.82, 2.24) is 20.5 Å². The molecule has 1 saturated carbocycles. The summed E-state index contributed by atoms with van der Waals surface area (Å²) in [4.78, 5) is 63.6. The van der Waals surface area contributed by atoms with Crippen LogP contribution in [-0.2, 0) is 36.6 Å². The van der Waals surface area contributed by atoms with E-state index in [-0.39, 0.29) is 43.5 Å². The molecule has 3 fully saturated rings. The highest BCUT2D eigenvalue weighted by molar-refractivity contribution is 7.81. The quantitative estimate of drug-likeness (QED) is 0.0597. The van der Waals surface area contributed by atoms with Crippen LogP contribution < -0.4 is 25.2 Å². The lowest BCUT2D eigenvalue weighted by molar-refractivity contribution is -0.151. The average Bonchev–Trinajstić information content (AvgIpc) is 4.06. The number of carbonyl (C=O) groups excluding carboxylic acids is 4. The summed E-state index contributed by atoms with van der Waals surface area (Å²) in [5.74, 6) is -0.726. The molecule has 3 heterocycles. The second-order valence-electron chi connectivity index (χ2n) is 19.6. The Morgan fingerprint density at radius 1 is 0.973 bits per heavy atom. The van der Waals surface area contributed by atoms with E-state index in [2.05, 4.69) is 15.6 Å². The molecule has 3 aliphatic rings. The number of anilines is 2. The standard InChI is InChI=1S/C54H56F3N7O8S/c1-33-46(72-32-60-33)37-10-8-34(9-11-37)30-62(48(67)44-27-41(65)29-59-44)49(68)47(52(2,3)4)61-45(66)31-70-24-5-6-25-71-42-20-15-36(16-21-42)35-12-17-39(18-13-35)64-51(73)63(50(69)53(64)22-7-23-53)40-19-14-38(28-58)43(26-40)54(55,56)57/h8-21,26,32,41,44,47,59,65H,5-7,22-25,27,29-31H2,1-4H3,(H,61,66)/t41-,44+,47?/m1/s1. The number of hydrogen-bond donors (Lipinski definition) is 3. The Morgan fingerprint density at radius 2 is 1.62 bits per heavy atom. The molecular weight excluding hydrogens is 964 g/mol. The van der Waals surface area contributed by atoms with Crippen LogP contribution in [0.1, 0.15) is 81.7 Å². The Balaban J connectivity index is 0.808. The molecule has 1 aliphatic carbocycles. The highest BCUT2D eigenvalue weighted by Gasteiger charge is 2.59. The number of unbranched alkanes of at least 4 members (excludes halogenated alkanes) is 1. The van der Waals surface area contributed by atoms with Gasteiger partial charge in [-0.1, -0.05) is 69.3 Å². The lowest BCUT2D eigenvalue weighted by Gasteiger charge is -2.43. The summed E-state index contributed by atoms with van der Waals surface area (Å²) in [6.07, 6.45) is -1.06. The molecule has 2 aliphatic heterocycles. The fourth-order valence-electron chi connectivity index (χ4n) is 9.31. The van der Waals surface area contributed by atoms with E-state index >= 15 is 0 Å². The maximum atomic E-state index is 14.3. The van der Waals surface area contributed by atoms with Crippen molar-refractivity contribution in [3.05, 3.63) is 120 Å². The van der Waals surface area contributed by atoms with Crippen LogP contribution in [0, 0.1) is 23.7 Å². The van der Waals surface area contributed by atoms with Crippen LogP contribution in [-0.4, -0.2) is 93.8 Å². The molecule has 1 unspecified atom stereocenters. The van der Waals surface area contributed by atoms with Gasteiger partial charge in [-0.2, -0.15) is 18.4 Å². The van der Waals surface area contributed by atoms with Crippen molar-refractivity contribution in [2.75, 3.05) is 36.2 Å². The summed E-state index contributed by atoms with van der Waals surface area (Å²) >= 11 is 5.77. The van der Waals surface area contributed by atoms with Gasteiger partial charge < -0.3 is 34.5 Å². The summed E-state index contributed by atoms with van der Waals surface area (Å²) in [6.45, 7) is 7.74. The second-order valence-corrected chi connectivity index (χ2v) is 20.0. The van der Waals surface area contributed by atoms with E-state index in [0.29, 0.717) is 55.1 Å². The van der Waals surface area contributed by atoms with Gasteiger partial charge in [0.2, 0.25) is 11.8 Å². The number of alkyl halides is 3. The molecule has 4 aromatic carbocycles. The van der Waals surface area contributed by atoms with E-state index in [1.165, 1.54) is 12.5 Å². The Morgan fingerprint density at radius 3 is 2.19 bits per heavy atom. The largest absolute Gasteiger partial charge is 0.494 e. The molecule has 73 heavy (non-hydrogen) atoms. The topological polar surface area (TPSA) is 191 Å². The van der Waals surface area contributed by atoms with E-state index in [4.69, 9.17) is 26.1 Å². The number of carbonyl (C=O) groups is 4. The number of hydrogen-bond acceptors (Lipinski definition) is 12. The first kappa shape index (κ1) is 52.3. The zero-order valence-corrected chi connectivity index (χ0v) is 41.6. The molecule has 3 atom stereocenters.